The molecule has 0 saturated carbocycles. The molecule has 7 heteroatoms. The average molecular weight is 282 g/mol. The maximum Gasteiger partial charge on any atom is 0.682 e. The molecule has 0 aromatic rings. The molecule has 0 bridgehead atoms. The topological polar surface area (TPSA) is 55.4 Å². The van der Waals surface area contributed by atoms with Crippen LogP contribution in [0.5, 0.6) is 0 Å². The monoisotopic (exact) mass is 282 g/mol. The van der Waals surface area contributed by atoms with Crippen LogP contribution in [0.4, 0.5) is 0 Å². The zero-order valence-corrected chi connectivity index (χ0v) is 13.1. The van der Waals surface area contributed by atoms with Crippen LogP contribution in [-0.4, -0.2) is 49.6 Å². The molecule has 0 fully saturated rings. The van der Waals surface area contributed by atoms with Crippen LogP contribution in [0.3, 0.4) is 0 Å². The van der Waals surface area contributed by atoms with E-state index in [1.54, 1.807) is 0 Å². The van der Waals surface area contributed by atoms with Gasteiger partial charge in [-0.1, -0.05) is 0 Å². The summed E-state index contributed by atoms with van der Waals surface area (Å²) in [6.07, 6.45) is 0. The lowest BCUT2D eigenvalue weighted by atomic mass is 10.8. The van der Waals surface area contributed by atoms with Gasteiger partial charge in [0.05, 0.1) is 0 Å². The molecule has 0 spiro atoms. The van der Waals surface area contributed by atoms with Gasteiger partial charge in [-0.05, 0) is 20.8 Å². The van der Waals surface area contributed by atoms with Crippen LogP contribution in [0.25, 0.3) is 0 Å². The molecule has 0 atom stereocenters. The molecule has 0 unspecified atom stereocenters. The molecule has 0 radical (unpaired) electrons. The van der Waals surface area contributed by atoms with E-state index >= 15 is 0 Å². The van der Waals surface area contributed by atoms with Gasteiger partial charge in [0.15, 0.2) is 0 Å². The summed E-state index contributed by atoms with van der Waals surface area (Å²) in [5.41, 5.74) is 0. The van der Waals surface area contributed by atoms with Gasteiger partial charge in [-0.3, -0.25) is 0 Å². The summed E-state index contributed by atoms with van der Waals surface area (Å²) >= 11 is 0. The molecule has 0 aromatic heterocycles. The molecule has 0 heterocycles. The highest BCUT2D eigenvalue weighted by Crippen LogP contribution is 2.14. The molecular formula is C11H26O6Si. The third-order valence-corrected chi connectivity index (χ3v) is 3.79. The van der Waals surface area contributed by atoms with E-state index in [1.165, 1.54) is 14.2 Å². The van der Waals surface area contributed by atoms with Gasteiger partial charge >= 0.3 is 9.05 Å². The lowest BCUT2D eigenvalue weighted by Crippen LogP contribution is -2.51. The predicted molar refractivity (Wildman–Crippen MR) is 70.8 cm³/mol. The number of hydrogen-bond acceptors (Lipinski definition) is 6. The van der Waals surface area contributed by atoms with Gasteiger partial charge in [-0.25, -0.2) is 0 Å². The van der Waals surface area contributed by atoms with Crippen molar-refractivity contribution in [1.29, 1.82) is 0 Å². The maximum atomic E-state index is 5.49. The zero-order chi connectivity index (χ0) is 14.4. The van der Waals surface area contributed by atoms with Crippen molar-refractivity contribution < 1.29 is 27.2 Å². The smallest absolute Gasteiger partial charge is 0.354 e. The summed E-state index contributed by atoms with van der Waals surface area (Å²) in [7, 11) is -0.186. The molecule has 110 valence electrons. The number of rotatable bonds is 10. The first-order chi connectivity index (χ1) is 8.67. The first kappa shape index (κ1) is 20.0. The van der Waals surface area contributed by atoms with Crippen LogP contribution in [0.2, 0.25) is 0 Å². The molecule has 0 amide bonds. The quantitative estimate of drug-likeness (QED) is 0.347. The Morgan fingerprint density at radius 2 is 1.33 bits per heavy atom. The zero-order valence-electron chi connectivity index (χ0n) is 12.1. The standard InChI is InChI=1S/C9H22O6Si.C2H4/c1-6-12-9(13-7-2)15-16(10-4,11-5)14-8-3;1-2/h9H,6-8H2,1-5H3;1-2H2. The van der Waals surface area contributed by atoms with Crippen LogP contribution in [0, 0.1) is 0 Å². The Bertz CT molecular complexity index is 171. The van der Waals surface area contributed by atoms with E-state index in [0.717, 1.165) is 0 Å². The Balaban J connectivity index is 0. The Hall–Kier alpha value is -0.283. The van der Waals surface area contributed by atoms with Crippen molar-refractivity contribution in [2.45, 2.75) is 27.2 Å². The third-order valence-electron chi connectivity index (χ3n) is 1.67. The first-order valence-electron chi connectivity index (χ1n) is 5.83. The van der Waals surface area contributed by atoms with Crippen LogP contribution in [-0.2, 0) is 27.2 Å². The fraction of sp³-hybridized carbons (Fsp3) is 0.818. The second kappa shape index (κ2) is 13.2. The van der Waals surface area contributed by atoms with Gasteiger partial charge in [0, 0.05) is 34.0 Å². The van der Waals surface area contributed by atoms with Crippen molar-refractivity contribution >= 4 is 9.05 Å². The van der Waals surface area contributed by atoms with Crippen molar-refractivity contribution in [3.63, 3.8) is 0 Å². The van der Waals surface area contributed by atoms with E-state index in [0.29, 0.717) is 19.8 Å². The molecule has 6 nitrogen and oxygen atoms in total. The summed E-state index contributed by atoms with van der Waals surface area (Å²) in [5, 5.41) is 0. The second-order valence-electron chi connectivity index (χ2n) is 2.66. The average Bonchev–Trinajstić information content (AvgIpc) is 2.41. The maximum absolute atomic E-state index is 5.49. The minimum atomic E-state index is -3.13. The molecule has 0 saturated heterocycles. The lowest BCUT2D eigenvalue weighted by molar-refractivity contribution is -0.271. The SMILES string of the molecule is C=C.CCOC(OCC)O[Si](OC)(OC)OCC. The number of hydrogen-bond donors (Lipinski definition) is 0. The minimum absolute atomic E-state index is 0.429. The molecular weight excluding hydrogens is 256 g/mol. The molecule has 0 aliphatic heterocycles. The van der Waals surface area contributed by atoms with Gasteiger partial charge in [-0.2, -0.15) is 0 Å². The van der Waals surface area contributed by atoms with Crippen LogP contribution >= 0.6 is 0 Å². The summed E-state index contributed by atoms with van der Waals surface area (Å²) in [6, 6.07) is 0. The lowest BCUT2D eigenvalue weighted by Gasteiger charge is -2.28. The van der Waals surface area contributed by atoms with Crippen LogP contribution in [0.1, 0.15) is 20.8 Å². The van der Waals surface area contributed by atoms with Crippen molar-refractivity contribution in [2.75, 3.05) is 34.0 Å². The fourth-order valence-corrected chi connectivity index (χ4v) is 2.40. The van der Waals surface area contributed by atoms with Gasteiger partial charge in [-0.15, -0.1) is 13.2 Å². The minimum Gasteiger partial charge on any atom is -0.354 e. The van der Waals surface area contributed by atoms with E-state index < -0.39 is 15.5 Å². The second-order valence-corrected chi connectivity index (χ2v) is 5.00. The number of ether oxygens (including phenoxy) is 2. The summed E-state index contributed by atoms with van der Waals surface area (Å²) < 4.78 is 31.7. The van der Waals surface area contributed by atoms with Gasteiger partial charge in [0.2, 0.25) is 0 Å². The van der Waals surface area contributed by atoms with Crippen LogP contribution in [0.15, 0.2) is 13.2 Å². The fourth-order valence-electron chi connectivity index (χ4n) is 1.01. The molecule has 0 N–H and O–H groups in total. The molecule has 0 rings (SSSR count). The highest BCUT2D eigenvalue weighted by Gasteiger charge is 2.46. The van der Waals surface area contributed by atoms with Crippen molar-refractivity contribution in [3.8, 4) is 0 Å². The van der Waals surface area contributed by atoms with Gasteiger partial charge < -0.3 is 27.2 Å². The highest BCUT2D eigenvalue weighted by atomic mass is 28.4. The summed E-state index contributed by atoms with van der Waals surface area (Å²) in [6.45, 7) is 12.1. The van der Waals surface area contributed by atoms with E-state index in [2.05, 4.69) is 13.2 Å². The third kappa shape index (κ3) is 7.93. The Labute approximate surface area is 111 Å². The largest absolute Gasteiger partial charge is 0.682 e. The normalized spacial score (nSPS) is 11.2. The van der Waals surface area contributed by atoms with E-state index in [9.17, 15) is 0 Å². The molecule has 0 aliphatic rings. The molecule has 0 aliphatic carbocycles. The van der Waals surface area contributed by atoms with Crippen molar-refractivity contribution in [2.24, 2.45) is 0 Å². The van der Waals surface area contributed by atoms with E-state index in [4.69, 9.17) is 27.2 Å². The summed E-state index contributed by atoms with van der Waals surface area (Å²) in [4.78, 5) is 0. The van der Waals surface area contributed by atoms with Crippen molar-refractivity contribution in [3.05, 3.63) is 13.2 Å². The van der Waals surface area contributed by atoms with Gasteiger partial charge in [0.1, 0.15) is 0 Å². The highest BCUT2D eigenvalue weighted by molar-refractivity contribution is 6.53. The van der Waals surface area contributed by atoms with Gasteiger partial charge in [0.25, 0.3) is 6.48 Å². The summed E-state index contributed by atoms with van der Waals surface area (Å²) in [5.74, 6) is 0. The Morgan fingerprint density at radius 1 is 0.889 bits per heavy atom. The van der Waals surface area contributed by atoms with Crippen molar-refractivity contribution in [1.82, 2.24) is 0 Å². The van der Waals surface area contributed by atoms with E-state index in [-0.39, 0.29) is 0 Å². The Kier molecular flexibility index (Phi) is 14.6. The van der Waals surface area contributed by atoms with E-state index in [1.807, 2.05) is 20.8 Å². The van der Waals surface area contributed by atoms with Crippen LogP contribution < -0.4 is 0 Å². The predicted octanol–water partition coefficient (Wildman–Crippen LogP) is 1.93. The molecule has 18 heavy (non-hydrogen) atoms. The first-order valence-corrected chi connectivity index (χ1v) is 7.46. The molecule has 0 aromatic carbocycles. The Morgan fingerprint density at radius 3 is 1.61 bits per heavy atom.